The van der Waals surface area contributed by atoms with Gasteiger partial charge in [-0.25, -0.2) is 0 Å². The summed E-state index contributed by atoms with van der Waals surface area (Å²) in [7, 11) is 0. The highest BCUT2D eigenvalue weighted by molar-refractivity contribution is 5.88. The first-order valence-electron chi connectivity index (χ1n) is 9.26. The molecule has 1 aromatic carbocycles. The normalized spacial score (nSPS) is 23.2. The topological polar surface area (TPSA) is 61.4 Å². The van der Waals surface area contributed by atoms with Crippen molar-refractivity contribution in [1.82, 2.24) is 15.5 Å². The van der Waals surface area contributed by atoms with Crippen molar-refractivity contribution in [2.75, 3.05) is 6.54 Å². The Balaban J connectivity index is 1.35. The van der Waals surface area contributed by atoms with Gasteiger partial charge < -0.3 is 15.5 Å². The average Bonchev–Trinajstić information content (AvgIpc) is 3.25. The Morgan fingerprint density at radius 3 is 2.44 bits per heavy atom. The van der Waals surface area contributed by atoms with Crippen LogP contribution >= 0.6 is 0 Å². The van der Waals surface area contributed by atoms with Crippen LogP contribution in [0.5, 0.6) is 0 Å². The lowest BCUT2D eigenvalue weighted by atomic mass is 10.0. The van der Waals surface area contributed by atoms with E-state index in [1.165, 1.54) is 24.0 Å². The Bertz CT molecular complexity index is 667. The van der Waals surface area contributed by atoms with E-state index < -0.39 is 0 Å². The molecular formula is C20H25N3O2. The molecule has 0 bridgehead atoms. The monoisotopic (exact) mass is 339 g/mol. The van der Waals surface area contributed by atoms with E-state index in [0.717, 1.165) is 19.4 Å². The van der Waals surface area contributed by atoms with Gasteiger partial charge in [0.25, 0.3) is 0 Å². The molecule has 1 aromatic rings. The molecule has 1 aliphatic carbocycles. The third-order valence-corrected chi connectivity index (χ3v) is 5.38. The highest BCUT2D eigenvalue weighted by Gasteiger charge is 2.29. The van der Waals surface area contributed by atoms with E-state index in [1.807, 2.05) is 23.1 Å². The smallest absolute Gasteiger partial charge is 0.246 e. The van der Waals surface area contributed by atoms with Crippen molar-refractivity contribution in [1.29, 1.82) is 0 Å². The lowest BCUT2D eigenvalue weighted by molar-refractivity contribution is -0.127. The highest BCUT2D eigenvalue weighted by atomic mass is 16.2. The first kappa shape index (κ1) is 16.3. The SMILES string of the molecule is O=C(N[C@H](/C=C/C(=O)N1Cc2ccccc2C1)CC1CC1)[C@@H]1CCN1. The summed E-state index contributed by atoms with van der Waals surface area (Å²) in [5, 5.41) is 6.22. The third-order valence-electron chi connectivity index (χ3n) is 5.38. The van der Waals surface area contributed by atoms with Crippen molar-refractivity contribution in [2.24, 2.45) is 5.92 Å². The van der Waals surface area contributed by atoms with Crippen LogP contribution in [0.15, 0.2) is 36.4 Å². The number of benzene rings is 1. The zero-order valence-corrected chi connectivity index (χ0v) is 14.4. The van der Waals surface area contributed by atoms with Crippen LogP contribution in [0.1, 0.15) is 36.8 Å². The summed E-state index contributed by atoms with van der Waals surface area (Å²) in [6.07, 6.45) is 7.83. The van der Waals surface area contributed by atoms with Gasteiger partial charge in [0.1, 0.15) is 0 Å². The standard InChI is InChI=1S/C20H25N3O2/c24-19(23-12-15-3-1-2-4-16(15)13-23)8-7-17(11-14-5-6-14)22-20(25)18-9-10-21-18/h1-4,7-8,14,17-18,21H,5-6,9-13H2,(H,22,25)/b8-7+/t17-,18+/m1/s1. The Morgan fingerprint density at radius 2 is 1.88 bits per heavy atom. The van der Waals surface area contributed by atoms with Crippen molar-refractivity contribution in [3.8, 4) is 0 Å². The number of carbonyl (C=O) groups is 2. The molecule has 2 fully saturated rings. The second kappa shape index (κ2) is 7.00. The molecule has 5 heteroatoms. The number of rotatable bonds is 6. The number of nitrogens with one attached hydrogen (secondary N) is 2. The third kappa shape index (κ3) is 3.93. The summed E-state index contributed by atoms with van der Waals surface area (Å²) in [6.45, 7) is 2.26. The van der Waals surface area contributed by atoms with Crippen LogP contribution in [-0.2, 0) is 22.7 Å². The zero-order valence-electron chi connectivity index (χ0n) is 14.4. The second-order valence-corrected chi connectivity index (χ2v) is 7.41. The Hall–Kier alpha value is -2.14. The molecular weight excluding hydrogens is 314 g/mol. The molecule has 3 aliphatic rings. The van der Waals surface area contributed by atoms with Gasteiger partial charge in [-0.1, -0.05) is 43.2 Å². The van der Waals surface area contributed by atoms with Gasteiger partial charge in [0.05, 0.1) is 6.04 Å². The number of amides is 2. The number of nitrogens with zero attached hydrogens (tertiary/aromatic N) is 1. The van der Waals surface area contributed by atoms with Crippen molar-refractivity contribution >= 4 is 11.8 Å². The Labute approximate surface area is 148 Å². The highest BCUT2D eigenvalue weighted by Crippen LogP contribution is 2.33. The minimum atomic E-state index is -0.0566. The molecule has 2 amide bonds. The summed E-state index contributed by atoms with van der Waals surface area (Å²) < 4.78 is 0. The molecule has 5 nitrogen and oxygen atoms in total. The van der Waals surface area contributed by atoms with Crippen molar-refractivity contribution in [3.05, 3.63) is 47.5 Å². The quantitative estimate of drug-likeness (QED) is 0.776. The summed E-state index contributed by atoms with van der Waals surface area (Å²) in [6, 6.07) is 8.08. The number of hydrogen-bond acceptors (Lipinski definition) is 3. The van der Waals surface area contributed by atoms with Crippen LogP contribution in [0.3, 0.4) is 0 Å². The van der Waals surface area contributed by atoms with Crippen molar-refractivity contribution < 1.29 is 9.59 Å². The first-order chi connectivity index (χ1) is 12.2. The van der Waals surface area contributed by atoms with E-state index in [2.05, 4.69) is 22.8 Å². The molecule has 0 aromatic heterocycles. The second-order valence-electron chi connectivity index (χ2n) is 7.41. The fraction of sp³-hybridized carbons (Fsp3) is 0.500. The lowest BCUT2D eigenvalue weighted by Gasteiger charge is -2.28. The maximum atomic E-state index is 12.5. The molecule has 1 saturated heterocycles. The maximum absolute atomic E-state index is 12.5. The van der Waals surface area contributed by atoms with Gasteiger partial charge in [-0.05, 0) is 36.4 Å². The number of carbonyl (C=O) groups excluding carboxylic acids is 2. The average molecular weight is 339 g/mol. The van der Waals surface area contributed by atoms with E-state index in [1.54, 1.807) is 6.08 Å². The summed E-state index contributed by atoms with van der Waals surface area (Å²) in [5.74, 6) is 0.769. The van der Waals surface area contributed by atoms with E-state index in [9.17, 15) is 9.59 Å². The predicted octanol–water partition coefficient (Wildman–Crippen LogP) is 1.73. The minimum Gasteiger partial charge on any atom is -0.349 e. The Kier molecular flexibility index (Phi) is 4.57. The van der Waals surface area contributed by atoms with Crippen LogP contribution in [0.2, 0.25) is 0 Å². The van der Waals surface area contributed by atoms with Gasteiger partial charge in [0.15, 0.2) is 0 Å². The predicted molar refractivity (Wildman–Crippen MR) is 95.5 cm³/mol. The van der Waals surface area contributed by atoms with Crippen LogP contribution in [0.25, 0.3) is 0 Å². The van der Waals surface area contributed by atoms with Gasteiger partial charge in [-0.3, -0.25) is 9.59 Å². The molecule has 25 heavy (non-hydrogen) atoms. The van der Waals surface area contributed by atoms with Gasteiger partial charge in [0, 0.05) is 25.2 Å². The van der Waals surface area contributed by atoms with Gasteiger partial charge >= 0.3 is 0 Å². The largest absolute Gasteiger partial charge is 0.349 e. The molecule has 1 saturated carbocycles. The number of hydrogen-bond donors (Lipinski definition) is 2. The summed E-state index contributed by atoms with van der Waals surface area (Å²) in [5.41, 5.74) is 2.45. The van der Waals surface area contributed by atoms with Gasteiger partial charge in [-0.2, -0.15) is 0 Å². The van der Waals surface area contributed by atoms with E-state index in [4.69, 9.17) is 0 Å². The molecule has 0 unspecified atom stereocenters. The van der Waals surface area contributed by atoms with Gasteiger partial charge in [0.2, 0.25) is 11.8 Å². The Morgan fingerprint density at radius 1 is 1.20 bits per heavy atom. The van der Waals surface area contributed by atoms with Gasteiger partial charge in [-0.15, -0.1) is 0 Å². The maximum Gasteiger partial charge on any atom is 0.246 e. The van der Waals surface area contributed by atoms with E-state index in [0.29, 0.717) is 19.0 Å². The summed E-state index contributed by atoms with van der Waals surface area (Å²) in [4.78, 5) is 26.6. The molecule has 2 N–H and O–H groups in total. The zero-order chi connectivity index (χ0) is 17.2. The molecule has 2 aliphatic heterocycles. The number of fused-ring (bicyclic) bond motifs is 1. The fourth-order valence-electron chi connectivity index (χ4n) is 3.49. The molecule has 0 spiro atoms. The van der Waals surface area contributed by atoms with E-state index in [-0.39, 0.29) is 23.9 Å². The molecule has 2 heterocycles. The molecule has 4 rings (SSSR count). The molecule has 2 atom stereocenters. The van der Waals surface area contributed by atoms with Crippen molar-refractivity contribution in [3.63, 3.8) is 0 Å². The van der Waals surface area contributed by atoms with Crippen LogP contribution in [-0.4, -0.2) is 35.3 Å². The summed E-state index contributed by atoms with van der Waals surface area (Å²) >= 11 is 0. The molecule has 0 radical (unpaired) electrons. The van der Waals surface area contributed by atoms with Crippen LogP contribution in [0.4, 0.5) is 0 Å². The van der Waals surface area contributed by atoms with Crippen molar-refractivity contribution in [2.45, 2.75) is 50.9 Å². The lowest BCUT2D eigenvalue weighted by Crippen LogP contribution is -2.54. The minimum absolute atomic E-state index is 0.0213. The van der Waals surface area contributed by atoms with Crippen LogP contribution in [0, 0.1) is 5.92 Å². The van der Waals surface area contributed by atoms with E-state index >= 15 is 0 Å². The van der Waals surface area contributed by atoms with Crippen LogP contribution < -0.4 is 10.6 Å². The fourth-order valence-corrected chi connectivity index (χ4v) is 3.49. The first-order valence-corrected chi connectivity index (χ1v) is 9.26. The molecule has 132 valence electrons.